The molecular formula is C21H25N3O. The highest BCUT2D eigenvalue weighted by Crippen LogP contribution is 2.15. The molecule has 1 atom stereocenters. The Morgan fingerprint density at radius 3 is 2.44 bits per heavy atom. The van der Waals surface area contributed by atoms with Crippen LogP contribution in [0.1, 0.15) is 11.1 Å². The lowest BCUT2D eigenvalue weighted by molar-refractivity contribution is -0.00939. The lowest BCUT2D eigenvalue weighted by Crippen LogP contribution is -2.43. The first-order valence-corrected chi connectivity index (χ1v) is 8.68. The van der Waals surface area contributed by atoms with Gasteiger partial charge in [-0.2, -0.15) is 0 Å². The number of nitrogens with zero attached hydrogens (tertiary/aromatic N) is 2. The highest BCUT2D eigenvalue weighted by atomic mass is 16.5. The number of benzene rings is 2. The molecule has 4 nitrogen and oxygen atoms in total. The zero-order valence-corrected chi connectivity index (χ0v) is 14.4. The van der Waals surface area contributed by atoms with Crippen molar-refractivity contribution in [2.24, 2.45) is 10.7 Å². The van der Waals surface area contributed by atoms with Gasteiger partial charge < -0.3 is 10.5 Å². The SMILES string of the molecule is N/C=C(\C=NCc1ccccc1)C1CN(Cc2ccccc2)CCO1. The minimum Gasteiger partial charge on any atom is -0.404 e. The molecule has 1 aliphatic heterocycles. The van der Waals surface area contributed by atoms with Crippen molar-refractivity contribution in [2.75, 3.05) is 19.7 Å². The van der Waals surface area contributed by atoms with E-state index in [1.807, 2.05) is 30.5 Å². The van der Waals surface area contributed by atoms with Crippen LogP contribution in [-0.2, 0) is 17.8 Å². The molecule has 0 amide bonds. The van der Waals surface area contributed by atoms with E-state index in [2.05, 4.69) is 46.3 Å². The van der Waals surface area contributed by atoms with Crippen LogP contribution in [-0.4, -0.2) is 36.9 Å². The zero-order chi connectivity index (χ0) is 17.3. The third-order valence-electron chi connectivity index (χ3n) is 4.32. The highest BCUT2D eigenvalue weighted by molar-refractivity contribution is 5.79. The van der Waals surface area contributed by atoms with E-state index in [1.54, 1.807) is 6.20 Å². The number of nitrogens with two attached hydrogens (primary N) is 1. The minimum absolute atomic E-state index is 0.0259. The van der Waals surface area contributed by atoms with Gasteiger partial charge in [0.1, 0.15) is 0 Å². The molecule has 130 valence electrons. The summed E-state index contributed by atoms with van der Waals surface area (Å²) in [5.41, 5.74) is 9.27. The lowest BCUT2D eigenvalue weighted by Gasteiger charge is -2.33. The van der Waals surface area contributed by atoms with Crippen molar-refractivity contribution in [3.05, 3.63) is 83.6 Å². The molecule has 0 aliphatic carbocycles. The number of aliphatic imine (C=N–C) groups is 1. The van der Waals surface area contributed by atoms with Crippen molar-refractivity contribution in [3.8, 4) is 0 Å². The summed E-state index contributed by atoms with van der Waals surface area (Å²) in [6.45, 7) is 4.05. The molecule has 2 aromatic rings. The van der Waals surface area contributed by atoms with Gasteiger partial charge in [-0.25, -0.2) is 0 Å². The maximum atomic E-state index is 5.92. The summed E-state index contributed by atoms with van der Waals surface area (Å²) in [7, 11) is 0. The Morgan fingerprint density at radius 2 is 1.76 bits per heavy atom. The van der Waals surface area contributed by atoms with E-state index >= 15 is 0 Å². The molecule has 0 spiro atoms. The van der Waals surface area contributed by atoms with Gasteiger partial charge in [0.2, 0.25) is 0 Å². The van der Waals surface area contributed by atoms with Crippen molar-refractivity contribution < 1.29 is 4.74 Å². The topological polar surface area (TPSA) is 50.8 Å². The van der Waals surface area contributed by atoms with E-state index in [9.17, 15) is 0 Å². The Balaban J connectivity index is 1.57. The number of ether oxygens (including phenoxy) is 1. The molecule has 0 saturated carbocycles. The van der Waals surface area contributed by atoms with Crippen molar-refractivity contribution in [1.29, 1.82) is 0 Å². The fraction of sp³-hybridized carbons (Fsp3) is 0.286. The first kappa shape index (κ1) is 17.4. The third-order valence-corrected chi connectivity index (χ3v) is 4.32. The average Bonchev–Trinajstić information content (AvgIpc) is 2.67. The molecule has 2 N–H and O–H groups in total. The Hall–Kier alpha value is -2.43. The summed E-state index contributed by atoms with van der Waals surface area (Å²) in [6, 6.07) is 20.7. The van der Waals surface area contributed by atoms with Crippen molar-refractivity contribution in [2.45, 2.75) is 19.2 Å². The fourth-order valence-corrected chi connectivity index (χ4v) is 2.96. The summed E-state index contributed by atoms with van der Waals surface area (Å²) in [4.78, 5) is 6.93. The Kier molecular flexibility index (Phi) is 6.37. The summed E-state index contributed by atoms with van der Waals surface area (Å²) >= 11 is 0. The first-order chi connectivity index (χ1) is 12.3. The highest BCUT2D eigenvalue weighted by Gasteiger charge is 2.22. The van der Waals surface area contributed by atoms with E-state index in [1.165, 1.54) is 11.1 Å². The van der Waals surface area contributed by atoms with Crippen LogP contribution in [0.4, 0.5) is 0 Å². The fourth-order valence-electron chi connectivity index (χ4n) is 2.96. The van der Waals surface area contributed by atoms with E-state index < -0.39 is 0 Å². The second-order valence-corrected chi connectivity index (χ2v) is 6.20. The van der Waals surface area contributed by atoms with Crippen LogP contribution in [0.15, 0.2) is 77.4 Å². The van der Waals surface area contributed by atoms with Gasteiger partial charge in [0.05, 0.1) is 19.3 Å². The van der Waals surface area contributed by atoms with E-state index in [0.717, 1.165) is 25.2 Å². The number of rotatable bonds is 6. The Bertz CT molecular complexity index is 698. The van der Waals surface area contributed by atoms with Crippen LogP contribution in [0.25, 0.3) is 0 Å². The quantitative estimate of drug-likeness (QED) is 0.826. The van der Waals surface area contributed by atoms with E-state index in [-0.39, 0.29) is 6.10 Å². The van der Waals surface area contributed by atoms with E-state index in [4.69, 9.17) is 10.5 Å². The summed E-state index contributed by atoms with van der Waals surface area (Å²) in [5.74, 6) is 0. The van der Waals surface area contributed by atoms with Crippen LogP contribution in [0, 0.1) is 0 Å². The van der Waals surface area contributed by atoms with Crippen LogP contribution >= 0.6 is 0 Å². The minimum atomic E-state index is -0.0259. The maximum absolute atomic E-state index is 5.92. The van der Waals surface area contributed by atoms with Gasteiger partial charge in [0.15, 0.2) is 0 Å². The molecule has 1 heterocycles. The van der Waals surface area contributed by atoms with Crippen molar-refractivity contribution in [1.82, 2.24) is 4.90 Å². The standard InChI is InChI=1S/C21H25N3O/c22-13-20(15-23-14-18-7-3-1-4-8-18)21-17-24(11-12-25-21)16-19-9-5-2-6-10-19/h1-10,13,15,21H,11-12,14,16-17,22H2/b20-13+,23-15?. The largest absolute Gasteiger partial charge is 0.404 e. The van der Waals surface area contributed by atoms with Crippen molar-refractivity contribution >= 4 is 6.21 Å². The van der Waals surface area contributed by atoms with Crippen LogP contribution < -0.4 is 5.73 Å². The molecule has 0 aromatic heterocycles. The van der Waals surface area contributed by atoms with Crippen LogP contribution in [0.2, 0.25) is 0 Å². The van der Waals surface area contributed by atoms with Gasteiger partial charge in [0, 0.05) is 37.6 Å². The van der Waals surface area contributed by atoms with Gasteiger partial charge >= 0.3 is 0 Å². The predicted octanol–water partition coefficient (Wildman–Crippen LogP) is 3.00. The molecule has 1 fully saturated rings. The molecule has 25 heavy (non-hydrogen) atoms. The second-order valence-electron chi connectivity index (χ2n) is 6.20. The normalized spacial score (nSPS) is 19.4. The molecule has 0 bridgehead atoms. The smallest absolute Gasteiger partial charge is 0.0981 e. The lowest BCUT2D eigenvalue weighted by atomic mass is 10.1. The zero-order valence-electron chi connectivity index (χ0n) is 14.4. The monoisotopic (exact) mass is 335 g/mol. The first-order valence-electron chi connectivity index (χ1n) is 8.68. The molecule has 3 rings (SSSR count). The van der Waals surface area contributed by atoms with Crippen LogP contribution in [0.5, 0.6) is 0 Å². The summed E-state index contributed by atoms with van der Waals surface area (Å²) in [5, 5.41) is 0. The second kappa shape index (κ2) is 9.16. The van der Waals surface area contributed by atoms with Gasteiger partial charge in [0.25, 0.3) is 0 Å². The maximum Gasteiger partial charge on any atom is 0.0981 e. The van der Waals surface area contributed by atoms with Crippen LogP contribution in [0.3, 0.4) is 0 Å². The molecule has 1 unspecified atom stereocenters. The molecule has 0 radical (unpaired) electrons. The molecule has 4 heteroatoms. The average molecular weight is 335 g/mol. The van der Waals surface area contributed by atoms with E-state index in [0.29, 0.717) is 13.2 Å². The number of hydrogen-bond donors (Lipinski definition) is 1. The van der Waals surface area contributed by atoms with Crippen molar-refractivity contribution in [3.63, 3.8) is 0 Å². The number of morpholine rings is 1. The summed E-state index contributed by atoms with van der Waals surface area (Å²) < 4.78 is 5.92. The van der Waals surface area contributed by atoms with Gasteiger partial charge in [-0.1, -0.05) is 60.7 Å². The number of hydrogen-bond acceptors (Lipinski definition) is 4. The molecular weight excluding hydrogens is 310 g/mol. The Morgan fingerprint density at radius 1 is 1.08 bits per heavy atom. The Labute approximate surface area is 149 Å². The molecule has 1 saturated heterocycles. The predicted molar refractivity (Wildman–Crippen MR) is 102 cm³/mol. The summed E-state index contributed by atoms with van der Waals surface area (Å²) in [6.07, 6.45) is 3.44. The molecule has 1 aliphatic rings. The van der Waals surface area contributed by atoms with Gasteiger partial charge in [-0.3, -0.25) is 9.89 Å². The van der Waals surface area contributed by atoms with Gasteiger partial charge in [-0.05, 0) is 11.1 Å². The van der Waals surface area contributed by atoms with Gasteiger partial charge in [-0.15, -0.1) is 0 Å². The third kappa shape index (κ3) is 5.28. The molecule has 2 aromatic carbocycles.